The molecule has 0 amide bonds. The summed E-state index contributed by atoms with van der Waals surface area (Å²) in [7, 11) is 0. The van der Waals surface area contributed by atoms with Crippen LogP contribution in [-0.2, 0) is 14.3 Å². The molecule has 1 N–H and O–H groups in total. The third kappa shape index (κ3) is 3.43. The molecular formula is C15H23IO4. The van der Waals surface area contributed by atoms with Gasteiger partial charge in [-0.25, -0.2) is 0 Å². The van der Waals surface area contributed by atoms with Crippen LogP contribution in [0.5, 0.6) is 0 Å². The summed E-state index contributed by atoms with van der Waals surface area (Å²) < 4.78 is 12.6. The van der Waals surface area contributed by atoms with Crippen LogP contribution in [0.2, 0.25) is 0 Å². The summed E-state index contributed by atoms with van der Waals surface area (Å²) in [5, 5.41) is 9.99. The number of carbonyl (C=O) groups is 1. The van der Waals surface area contributed by atoms with Gasteiger partial charge in [-0.2, -0.15) is 0 Å². The van der Waals surface area contributed by atoms with Crippen LogP contribution in [0.3, 0.4) is 0 Å². The Morgan fingerprint density at radius 2 is 2.40 bits per heavy atom. The van der Waals surface area contributed by atoms with E-state index in [-0.39, 0.29) is 24.2 Å². The molecule has 2 rings (SSSR count). The van der Waals surface area contributed by atoms with E-state index in [1.54, 1.807) is 0 Å². The van der Waals surface area contributed by atoms with E-state index in [9.17, 15) is 9.90 Å². The van der Waals surface area contributed by atoms with Crippen molar-refractivity contribution < 1.29 is 19.4 Å². The highest BCUT2D eigenvalue weighted by molar-refractivity contribution is 14.1. The zero-order valence-corrected chi connectivity index (χ0v) is 14.0. The molecule has 2 aliphatic heterocycles. The summed E-state index contributed by atoms with van der Waals surface area (Å²) in [6, 6.07) is 0. The number of carbonyl (C=O) groups excluding carboxylic acids is 1. The van der Waals surface area contributed by atoms with Crippen molar-refractivity contribution in [2.75, 3.05) is 11.0 Å². The second-order valence-electron chi connectivity index (χ2n) is 5.89. The molecule has 5 atom stereocenters. The van der Waals surface area contributed by atoms with Crippen molar-refractivity contribution in [2.24, 2.45) is 11.8 Å². The van der Waals surface area contributed by atoms with Crippen LogP contribution in [0.4, 0.5) is 0 Å². The molecule has 0 bridgehead atoms. The lowest BCUT2D eigenvalue weighted by atomic mass is 9.92. The minimum absolute atomic E-state index is 0.0225. The predicted octanol–water partition coefficient (Wildman–Crippen LogP) is 2.48. The quantitative estimate of drug-likeness (QED) is 0.442. The van der Waals surface area contributed by atoms with E-state index < -0.39 is 11.9 Å². The molecule has 1 spiro atoms. The molecule has 2 aliphatic rings. The molecule has 0 aromatic carbocycles. The number of Topliss-reactive ketones (excluding diaryl/α,β-unsaturated/α-hetero) is 1. The Labute approximate surface area is 134 Å². The van der Waals surface area contributed by atoms with Gasteiger partial charge in [0, 0.05) is 23.2 Å². The third-order valence-corrected chi connectivity index (χ3v) is 4.91. The van der Waals surface area contributed by atoms with Gasteiger partial charge in [-0.05, 0) is 18.8 Å². The van der Waals surface area contributed by atoms with Crippen molar-refractivity contribution in [3.63, 3.8) is 0 Å². The van der Waals surface area contributed by atoms with Gasteiger partial charge in [-0.1, -0.05) is 35.6 Å². The van der Waals surface area contributed by atoms with Crippen LogP contribution in [0.25, 0.3) is 0 Å². The largest absolute Gasteiger partial charge is 0.393 e. The topological polar surface area (TPSA) is 55.8 Å². The number of ether oxygens (including phenoxy) is 2. The minimum atomic E-state index is -1.19. The van der Waals surface area contributed by atoms with Gasteiger partial charge < -0.3 is 14.6 Å². The minimum Gasteiger partial charge on any atom is -0.393 e. The SMILES string of the molecule is C=CC(CCI)C[C@@H]1CC(=O)[C@]2(C[C@H](O)C(C)CO2)O1. The van der Waals surface area contributed by atoms with Crippen LogP contribution in [0, 0.1) is 11.8 Å². The van der Waals surface area contributed by atoms with Gasteiger partial charge in [0.15, 0.2) is 5.78 Å². The van der Waals surface area contributed by atoms with Gasteiger partial charge in [0.1, 0.15) is 0 Å². The fourth-order valence-electron chi connectivity index (χ4n) is 2.87. The molecule has 2 heterocycles. The average molecular weight is 394 g/mol. The summed E-state index contributed by atoms with van der Waals surface area (Å²) in [5.74, 6) is -0.791. The lowest BCUT2D eigenvalue weighted by Gasteiger charge is -2.37. The highest BCUT2D eigenvalue weighted by atomic mass is 127. The molecule has 2 unspecified atom stereocenters. The highest BCUT2D eigenvalue weighted by Crippen LogP contribution is 2.39. The summed E-state index contributed by atoms with van der Waals surface area (Å²) in [6.07, 6.45) is 3.78. The first kappa shape index (κ1) is 16.4. The third-order valence-electron chi connectivity index (χ3n) is 4.29. The summed E-state index contributed by atoms with van der Waals surface area (Å²) >= 11 is 2.34. The van der Waals surface area contributed by atoms with Crippen LogP contribution in [0.15, 0.2) is 12.7 Å². The molecule has 20 heavy (non-hydrogen) atoms. The monoisotopic (exact) mass is 394 g/mol. The number of aliphatic hydroxyl groups is 1. The van der Waals surface area contributed by atoms with E-state index in [0.29, 0.717) is 18.9 Å². The van der Waals surface area contributed by atoms with Crippen molar-refractivity contribution >= 4 is 28.4 Å². The van der Waals surface area contributed by atoms with Crippen LogP contribution in [0.1, 0.15) is 32.6 Å². The van der Waals surface area contributed by atoms with E-state index in [2.05, 4.69) is 29.2 Å². The van der Waals surface area contributed by atoms with Gasteiger partial charge in [-0.15, -0.1) is 6.58 Å². The number of allylic oxidation sites excluding steroid dienone is 1. The van der Waals surface area contributed by atoms with E-state index in [1.807, 2.05) is 13.0 Å². The number of halogens is 1. The van der Waals surface area contributed by atoms with E-state index >= 15 is 0 Å². The number of aliphatic hydroxyl groups excluding tert-OH is 1. The maximum absolute atomic E-state index is 12.3. The molecule has 5 heteroatoms. The number of rotatable bonds is 5. The Morgan fingerprint density at radius 1 is 1.65 bits per heavy atom. The second-order valence-corrected chi connectivity index (χ2v) is 6.97. The number of ketones is 1. The number of hydrogen-bond acceptors (Lipinski definition) is 4. The summed E-state index contributed by atoms with van der Waals surface area (Å²) in [6.45, 7) is 6.14. The lowest BCUT2D eigenvalue weighted by molar-refractivity contribution is -0.261. The van der Waals surface area contributed by atoms with Crippen molar-refractivity contribution in [2.45, 2.75) is 50.6 Å². The van der Waals surface area contributed by atoms with Crippen molar-refractivity contribution in [1.29, 1.82) is 0 Å². The van der Waals surface area contributed by atoms with E-state index in [1.165, 1.54) is 0 Å². The van der Waals surface area contributed by atoms with E-state index in [4.69, 9.17) is 9.47 Å². The average Bonchev–Trinajstić information content (AvgIpc) is 2.70. The molecule has 0 saturated carbocycles. The second kappa shape index (κ2) is 6.85. The molecular weight excluding hydrogens is 371 g/mol. The molecule has 2 fully saturated rings. The first-order valence-electron chi connectivity index (χ1n) is 7.22. The van der Waals surface area contributed by atoms with Gasteiger partial charge in [0.2, 0.25) is 5.79 Å². The lowest BCUT2D eigenvalue weighted by Crippen LogP contribution is -2.50. The fraction of sp³-hybridized carbons (Fsp3) is 0.800. The molecule has 0 aromatic rings. The smallest absolute Gasteiger partial charge is 0.231 e. The van der Waals surface area contributed by atoms with Crippen LogP contribution in [-0.4, -0.2) is 39.9 Å². The Balaban J connectivity index is 1.98. The summed E-state index contributed by atoms with van der Waals surface area (Å²) in [4.78, 5) is 12.3. The molecule has 0 aliphatic carbocycles. The first-order valence-corrected chi connectivity index (χ1v) is 8.75. The van der Waals surface area contributed by atoms with Crippen molar-refractivity contribution in [1.82, 2.24) is 0 Å². The highest BCUT2D eigenvalue weighted by Gasteiger charge is 2.53. The zero-order valence-electron chi connectivity index (χ0n) is 11.9. The Kier molecular flexibility index (Phi) is 5.62. The number of hydrogen-bond donors (Lipinski definition) is 1. The van der Waals surface area contributed by atoms with Crippen LogP contribution < -0.4 is 0 Å². The van der Waals surface area contributed by atoms with Gasteiger partial charge in [0.25, 0.3) is 0 Å². The molecule has 2 saturated heterocycles. The summed E-state index contributed by atoms with van der Waals surface area (Å²) in [5.41, 5.74) is 0. The Morgan fingerprint density at radius 3 is 3.00 bits per heavy atom. The van der Waals surface area contributed by atoms with E-state index in [0.717, 1.165) is 17.3 Å². The van der Waals surface area contributed by atoms with Crippen molar-refractivity contribution in [3.8, 4) is 0 Å². The van der Waals surface area contributed by atoms with Gasteiger partial charge in [-0.3, -0.25) is 4.79 Å². The number of alkyl halides is 1. The predicted molar refractivity (Wildman–Crippen MR) is 84.8 cm³/mol. The molecule has 114 valence electrons. The van der Waals surface area contributed by atoms with Gasteiger partial charge >= 0.3 is 0 Å². The van der Waals surface area contributed by atoms with Gasteiger partial charge in [0.05, 0.1) is 18.8 Å². The molecule has 0 aromatic heterocycles. The first-order chi connectivity index (χ1) is 9.50. The fourth-order valence-corrected chi connectivity index (χ4v) is 3.67. The van der Waals surface area contributed by atoms with Crippen molar-refractivity contribution in [3.05, 3.63) is 12.7 Å². The maximum Gasteiger partial charge on any atom is 0.231 e. The standard InChI is InChI=1S/C15H23IO4/c1-3-11(4-5-16)6-12-7-14(18)15(20-12)8-13(17)10(2)9-19-15/h3,10-13,17H,1,4-9H2,2H3/t10?,11?,12-,13+,15+/m1/s1. The normalized spacial score (nSPS) is 39.1. The Bertz CT molecular complexity index is 373. The molecule has 0 radical (unpaired) electrons. The molecule has 4 nitrogen and oxygen atoms in total. The Hall–Kier alpha value is 0.0200. The maximum atomic E-state index is 12.3. The van der Waals surface area contributed by atoms with Crippen LogP contribution >= 0.6 is 22.6 Å². The zero-order chi connectivity index (χ0) is 14.8.